The number of aromatic nitrogens is 2. The number of aliphatic carboxylic acids is 1. The Morgan fingerprint density at radius 2 is 2.05 bits per heavy atom. The van der Waals surface area contributed by atoms with Gasteiger partial charge in [0.2, 0.25) is 5.89 Å². The number of nitrogens with zero attached hydrogens (tertiary/aromatic N) is 2. The molecule has 0 fully saturated rings. The number of hydrogen-bond acceptors (Lipinski definition) is 5. The summed E-state index contributed by atoms with van der Waals surface area (Å²) in [7, 11) is 0. The van der Waals surface area contributed by atoms with Crippen molar-refractivity contribution in [3.8, 4) is 0 Å². The van der Waals surface area contributed by atoms with E-state index in [1.807, 2.05) is 13.8 Å². The van der Waals surface area contributed by atoms with Crippen molar-refractivity contribution in [1.82, 2.24) is 20.8 Å². The molecule has 1 heterocycles. The summed E-state index contributed by atoms with van der Waals surface area (Å²) in [6.45, 7) is 6.19. The van der Waals surface area contributed by atoms with Crippen LogP contribution in [0, 0.1) is 18.8 Å². The van der Waals surface area contributed by atoms with Crippen LogP contribution in [0.4, 0.5) is 4.79 Å². The molecule has 0 saturated heterocycles. The molecule has 1 rings (SSSR count). The standard InChI is InChI=1S/C13H22N4O4/c1-8(2)4-10(5-12(18)19)6-14-13(20)15-7-11-16-9(3)17-21-11/h8,10H,4-7H2,1-3H3,(H,18,19)(H2,14,15,20)/t10-/m0/s1. The third-order valence-electron chi connectivity index (χ3n) is 2.79. The van der Waals surface area contributed by atoms with Gasteiger partial charge in [0.1, 0.15) is 0 Å². The molecule has 0 spiro atoms. The Morgan fingerprint density at radius 3 is 2.57 bits per heavy atom. The number of carboxylic acids is 1. The van der Waals surface area contributed by atoms with Crippen molar-refractivity contribution < 1.29 is 19.2 Å². The van der Waals surface area contributed by atoms with Crippen molar-refractivity contribution >= 4 is 12.0 Å². The lowest BCUT2D eigenvalue weighted by atomic mass is 9.94. The second-order valence-corrected chi connectivity index (χ2v) is 5.39. The molecule has 21 heavy (non-hydrogen) atoms. The van der Waals surface area contributed by atoms with Crippen LogP contribution >= 0.6 is 0 Å². The van der Waals surface area contributed by atoms with Crippen LogP contribution in [0.3, 0.4) is 0 Å². The highest BCUT2D eigenvalue weighted by Gasteiger charge is 2.16. The van der Waals surface area contributed by atoms with Gasteiger partial charge in [-0.3, -0.25) is 4.79 Å². The van der Waals surface area contributed by atoms with Crippen LogP contribution in [0.2, 0.25) is 0 Å². The highest BCUT2D eigenvalue weighted by molar-refractivity contribution is 5.73. The van der Waals surface area contributed by atoms with Gasteiger partial charge in [0.25, 0.3) is 0 Å². The van der Waals surface area contributed by atoms with E-state index < -0.39 is 5.97 Å². The molecule has 0 bridgehead atoms. The molecule has 0 aliphatic rings. The zero-order valence-corrected chi connectivity index (χ0v) is 12.5. The molecule has 8 heteroatoms. The molecule has 0 aromatic carbocycles. The molecule has 8 nitrogen and oxygen atoms in total. The molecule has 2 amide bonds. The van der Waals surface area contributed by atoms with Gasteiger partial charge in [-0.15, -0.1) is 0 Å². The van der Waals surface area contributed by atoms with Gasteiger partial charge in [0, 0.05) is 13.0 Å². The maximum atomic E-state index is 11.6. The van der Waals surface area contributed by atoms with E-state index in [1.165, 1.54) is 0 Å². The van der Waals surface area contributed by atoms with E-state index in [0.29, 0.717) is 24.2 Å². The van der Waals surface area contributed by atoms with Crippen molar-refractivity contribution in [3.63, 3.8) is 0 Å². The summed E-state index contributed by atoms with van der Waals surface area (Å²) < 4.78 is 4.86. The number of urea groups is 1. The molecule has 1 aromatic rings. The number of amides is 2. The van der Waals surface area contributed by atoms with Crippen molar-refractivity contribution in [2.45, 2.75) is 40.2 Å². The minimum absolute atomic E-state index is 0.0430. The smallest absolute Gasteiger partial charge is 0.315 e. The summed E-state index contributed by atoms with van der Waals surface area (Å²) in [5, 5.41) is 17.7. The van der Waals surface area contributed by atoms with Crippen LogP contribution in [0.5, 0.6) is 0 Å². The lowest BCUT2D eigenvalue weighted by molar-refractivity contribution is -0.138. The number of carboxylic acid groups (broad SMARTS) is 1. The molecule has 1 aromatic heterocycles. The molecular formula is C13H22N4O4. The fourth-order valence-electron chi connectivity index (χ4n) is 2.02. The van der Waals surface area contributed by atoms with Gasteiger partial charge in [-0.25, -0.2) is 4.79 Å². The molecule has 0 saturated carbocycles. The molecule has 0 unspecified atom stereocenters. The zero-order valence-electron chi connectivity index (χ0n) is 12.5. The minimum Gasteiger partial charge on any atom is -0.481 e. The Hall–Kier alpha value is -2.12. The number of carbonyl (C=O) groups excluding carboxylic acids is 1. The second-order valence-electron chi connectivity index (χ2n) is 5.39. The van der Waals surface area contributed by atoms with Crippen LogP contribution in [0.1, 0.15) is 38.4 Å². The van der Waals surface area contributed by atoms with Crippen molar-refractivity contribution in [2.75, 3.05) is 6.54 Å². The Balaban J connectivity index is 2.33. The average molecular weight is 298 g/mol. The monoisotopic (exact) mass is 298 g/mol. The van der Waals surface area contributed by atoms with E-state index in [2.05, 4.69) is 20.8 Å². The Bertz CT molecular complexity index is 472. The van der Waals surface area contributed by atoms with E-state index in [-0.39, 0.29) is 24.9 Å². The molecular weight excluding hydrogens is 276 g/mol. The van der Waals surface area contributed by atoms with Gasteiger partial charge in [0.05, 0.1) is 6.54 Å². The van der Waals surface area contributed by atoms with E-state index in [0.717, 1.165) is 6.42 Å². The van der Waals surface area contributed by atoms with E-state index >= 15 is 0 Å². The van der Waals surface area contributed by atoms with Gasteiger partial charge in [0.15, 0.2) is 5.82 Å². The SMILES string of the molecule is Cc1noc(CNC(=O)NC[C@H](CC(=O)O)CC(C)C)n1. The molecule has 1 atom stereocenters. The fraction of sp³-hybridized carbons (Fsp3) is 0.692. The number of aryl methyl sites for hydroxylation is 1. The largest absolute Gasteiger partial charge is 0.481 e. The Kier molecular flexibility index (Phi) is 6.64. The zero-order chi connectivity index (χ0) is 15.8. The van der Waals surface area contributed by atoms with E-state index in [1.54, 1.807) is 6.92 Å². The normalized spacial score (nSPS) is 12.2. The second kappa shape index (κ2) is 8.23. The maximum Gasteiger partial charge on any atom is 0.315 e. The number of hydrogen-bond donors (Lipinski definition) is 3. The molecule has 0 aliphatic heterocycles. The van der Waals surface area contributed by atoms with Crippen LogP contribution < -0.4 is 10.6 Å². The third kappa shape index (κ3) is 7.28. The van der Waals surface area contributed by atoms with Gasteiger partial charge < -0.3 is 20.3 Å². The topological polar surface area (TPSA) is 117 Å². The highest BCUT2D eigenvalue weighted by Crippen LogP contribution is 2.14. The van der Waals surface area contributed by atoms with Crippen LogP contribution in [-0.4, -0.2) is 33.8 Å². The third-order valence-corrected chi connectivity index (χ3v) is 2.79. The first kappa shape index (κ1) is 16.9. The predicted octanol–water partition coefficient (Wildman–Crippen LogP) is 1.31. The summed E-state index contributed by atoms with van der Waals surface area (Å²) in [5.41, 5.74) is 0. The van der Waals surface area contributed by atoms with Crippen LogP contribution in [0.15, 0.2) is 4.52 Å². The summed E-state index contributed by atoms with van der Waals surface area (Å²) in [6.07, 6.45) is 0.788. The van der Waals surface area contributed by atoms with Crippen LogP contribution in [0.25, 0.3) is 0 Å². The minimum atomic E-state index is -0.857. The first-order valence-corrected chi connectivity index (χ1v) is 6.89. The van der Waals surface area contributed by atoms with Gasteiger partial charge in [-0.1, -0.05) is 19.0 Å². The lowest BCUT2D eigenvalue weighted by Crippen LogP contribution is -2.38. The van der Waals surface area contributed by atoms with E-state index in [4.69, 9.17) is 9.63 Å². The number of carbonyl (C=O) groups is 2. The highest BCUT2D eigenvalue weighted by atomic mass is 16.5. The number of rotatable bonds is 8. The molecule has 0 aliphatic carbocycles. The van der Waals surface area contributed by atoms with Crippen LogP contribution in [-0.2, 0) is 11.3 Å². The molecule has 3 N–H and O–H groups in total. The Labute approximate surface area is 123 Å². The first-order chi connectivity index (χ1) is 9.86. The first-order valence-electron chi connectivity index (χ1n) is 6.89. The Morgan fingerprint density at radius 1 is 1.33 bits per heavy atom. The van der Waals surface area contributed by atoms with Gasteiger partial charge in [-0.2, -0.15) is 4.98 Å². The quantitative estimate of drug-likeness (QED) is 0.666. The van der Waals surface area contributed by atoms with Crippen molar-refractivity contribution in [2.24, 2.45) is 11.8 Å². The predicted molar refractivity (Wildman–Crippen MR) is 74.5 cm³/mol. The van der Waals surface area contributed by atoms with Crippen molar-refractivity contribution in [1.29, 1.82) is 0 Å². The van der Waals surface area contributed by atoms with Gasteiger partial charge >= 0.3 is 12.0 Å². The molecule has 118 valence electrons. The lowest BCUT2D eigenvalue weighted by Gasteiger charge is -2.17. The maximum absolute atomic E-state index is 11.6. The summed E-state index contributed by atoms with van der Waals surface area (Å²) in [5.74, 6) is 0.265. The number of nitrogens with one attached hydrogen (secondary N) is 2. The summed E-state index contributed by atoms with van der Waals surface area (Å²) >= 11 is 0. The summed E-state index contributed by atoms with van der Waals surface area (Å²) in [6, 6.07) is -0.384. The fourth-order valence-corrected chi connectivity index (χ4v) is 2.02. The van der Waals surface area contributed by atoms with Crippen molar-refractivity contribution in [3.05, 3.63) is 11.7 Å². The average Bonchev–Trinajstić information content (AvgIpc) is 2.78. The summed E-state index contributed by atoms with van der Waals surface area (Å²) in [4.78, 5) is 26.4. The van der Waals surface area contributed by atoms with Gasteiger partial charge in [-0.05, 0) is 25.2 Å². The molecule has 0 radical (unpaired) electrons. The van der Waals surface area contributed by atoms with E-state index in [9.17, 15) is 9.59 Å².